The largest absolute Gasteiger partial charge is 0.496 e. The van der Waals surface area contributed by atoms with Crippen LogP contribution in [0.5, 0.6) is 11.6 Å². The van der Waals surface area contributed by atoms with Crippen LogP contribution in [-0.4, -0.2) is 56.3 Å². The first-order chi connectivity index (χ1) is 18.0. The third-order valence-corrected chi connectivity index (χ3v) is 5.70. The molecule has 0 unspecified atom stereocenters. The van der Waals surface area contributed by atoms with Gasteiger partial charge in [0.2, 0.25) is 5.88 Å². The Morgan fingerprint density at radius 3 is 2.59 bits per heavy atom. The predicted molar refractivity (Wildman–Crippen MR) is 132 cm³/mol. The lowest BCUT2D eigenvalue weighted by molar-refractivity contribution is 0.0526. The number of rotatable bonds is 8. The molecule has 0 saturated heterocycles. The maximum absolute atomic E-state index is 14.4. The van der Waals surface area contributed by atoms with Gasteiger partial charge in [-0.15, -0.1) is 0 Å². The normalized spacial score (nSPS) is 11.0. The Morgan fingerprint density at radius 1 is 1.00 bits per heavy atom. The first-order valence-corrected chi connectivity index (χ1v) is 11.4. The molecule has 3 heterocycles. The second kappa shape index (κ2) is 10.1. The van der Waals surface area contributed by atoms with Gasteiger partial charge < -0.3 is 14.2 Å². The monoisotopic (exact) mass is 502 g/mol. The van der Waals surface area contributed by atoms with E-state index in [2.05, 4.69) is 20.2 Å². The summed E-state index contributed by atoms with van der Waals surface area (Å²) in [5.74, 6) is 0.249. The zero-order valence-electron chi connectivity index (χ0n) is 20.4. The second-order valence-corrected chi connectivity index (χ2v) is 7.98. The quantitative estimate of drug-likeness (QED) is 0.293. The van der Waals surface area contributed by atoms with Crippen molar-refractivity contribution >= 4 is 17.0 Å². The van der Waals surface area contributed by atoms with Crippen LogP contribution in [0.4, 0.5) is 4.39 Å². The van der Waals surface area contributed by atoms with E-state index in [-0.39, 0.29) is 23.9 Å². The molecule has 0 bridgehead atoms. The average molecular weight is 503 g/mol. The lowest BCUT2D eigenvalue weighted by Gasteiger charge is -2.13. The van der Waals surface area contributed by atoms with Crippen molar-refractivity contribution in [3.8, 4) is 28.7 Å². The Bertz CT molecular complexity index is 1600. The SMILES string of the molecule is CCOC(=O)c1cnn(-c2nc(OC)c3c(cnn3Cc3ccc(-c4ccccc4F)c(OC)c3)n2)c1. The zero-order valence-corrected chi connectivity index (χ0v) is 20.4. The number of benzene rings is 2. The van der Waals surface area contributed by atoms with Crippen LogP contribution in [0.15, 0.2) is 61.1 Å². The molecule has 0 radical (unpaired) electrons. The molecule has 0 aliphatic carbocycles. The van der Waals surface area contributed by atoms with Crippen LogP contribution in [0.3, 0.4) is 0 Å². The van der Waals surface area contributed by atoms with E-state index in [1.54, 1.807) is 43.1 Å². The van der Waals surface area contributed by atoms with Gasteiger partial charge in [0.1, 0.15) is 22.6 Å². The molecule has 0 aliphatic heterocycles. The Morgan fingerprint density at radius 2 is 1.84 bits per heavy atom. The van der Waals surface area contributed by atoms with Crippen molar-refractivity contribution < 1.29 is 23.4 Å². The number of halogens is 1. The molecule has 0 fully saturated rings. The predicted octanol–water partition coefficient (Wildman–Crippen LogP) is 4.06. The van der Waals surface area contributed by atoms with Gasteiger partial charge in [-0.3, -0.25) is 4.68 Å². The molecular weight excluding hydrogens is 479 g/mol. The Kier molecular flexibility index (Phi) is 6.50. The first-order valence-electron chi connectivity index (χ1n) is 11.4. The third-order valence-electron chi connectivity index (χ3n) is 5.70. The van der Waals surface area contributed by atoms with E-state index in [1.165, 1.54) is 30.3 Å². The van der Waals surface area contributed by atoms with Crippen LogP contribution in [0.2, 0.25) is 0 Å². The van der Waals surface area contributed by atoms with Crippen LogP contribution < -0.4 is 9.47 Å². The fourth-order valence-electron chi connectivity index (χ4n) is 3.98. The maximum atomic E-state index is 14.4. The molecule has 0 N–H and O–H groups in total. The molecule has 0 atom stereocenters. The number of ether oxygens (including phenoxy) is 3. The summed E-state index contributed by atoms with van der Waals surface area (Å²) in [5.41, 5.74) is 3.39. The molecule has 3 aromatic heterocycles. The highest BCUT2D eigenvalue weighted by Crippen LogP contribution is 2.33. The molecule has 5 rings (SSSR count). The van der Waals surface area contributed by atoms with Gasteiger partial charge in [0.05, 0.1) is 45.3 Å². The van der Waals surface area contributed by atoms with E-state index in [0.717, 1.165) is 5.56 Å². The van der Waals surface area contributed by atoms with E-state index >= 15 is 0 Å². The number of carbonyl (C=O) groups excluding carboxylic acids is 1. The molecule has 11 heteroatoms. The molecule has 0 saturated carbocycles. The van der Waals surface area contributed by atoms with E-state index in [4.69, 9.17) is 14.2 Å². The van der Waals surface area contributed by atoms with Crippen LogP contribution in [-0.2, 0) is 11.3 Å². The summed E-state index contributed by atoms with van der Waals surface area (Å²) in [6, 6.07) is 12.1. The Hall–Kier alpha value is -4.80. The highest BCUT2D eigenvalue weighted by atomic mass is 19.1. The lowest BCUT2D eigenvalue weighted by Crippen LogP contribution is -2.07. The molecule has 37 heavy (non-hydrogen) atoms. The van der Waals surface area contributed by atoms with Gasteiger partial charge in [0, 0.05) is 17.3 Å². The number of methoxy groups -OCH3 is 2. The summed E-state index contributed by atoms with van der Waals surface area (Å²) in [6.45, 7) is 2.36. The fourth-order valence-corrected chi connectivity index (χ4v) is 3.98. The molecule has 10 nitrogen and oxygen atoms in total. The summed E-state index contributed by atoms with van der Waals surface area (Å²) in [4.78, 5) is 21.0. The molecular formula is C26H23FN6O4. The van der Waals surface area contributed by atoms with E-state index in [1.807, 2.05) is 18.2 Å². The minimum absolute atomic E-state index is 0.218. The van der Waals surface area contributed by atoms with Crippen LogP contribution in [0, 0.1) is 5.82 Å². The zero-order chi connectivity index (χ0) is 25.9. The van der Waals surface area contributed by atoms with Crippen molar-refractivity contribution in [2.24, 2.45) is 0 Å². The number of aromatic nitrogens is 6. The van der Waals surface area contributed by atoms with Gasteiger partial charge in [-0.25, -0.2) is 18.9 Å². The summed E-state index contributed by atoms with van der Waals surface area (Å²) in [7, 11) is 3.05. The van der Waals surface area contributed by atoms with Crippen LogP contribution in [0.1, 0.15) is 22.8 Å². The number of esters is 1. The van der Waals surface area contributed by atoms with Gasteiger partial charge in [0.25, 0.3) is 5.95 Å². The number of hydrogen-bond donors (Lipinski definition) is 0. The standard InChI is InChI=1S/C26H23FN6O4/c1-4-37-25(34)17-12-28-33(15-17)26-30-21-13-29-32(23(21)24(31-26)36-3)14-16-9-10-19(22(11-16)35-2)18-7-5-6-8-20(18)27/h5-13,15H,4,14H2,1-3H3. The molecule has 0 amide bonds. The van der Waals surface area contributed by atoms with Crippen molar-refractivity contribution in [3.63, 3.8) is 0 Å². The minimum Gasteiger partial charge on any atom is -0.496 e. The number of fused-ring (bicyclic) bond motifs is 1. The molecule has 188 valence electrons. The smallest absolute Gasteiger partial charge is 0.341 e. The summed E-state index contributed by atoms with van der Waals surface area (Å²) in [6.07, 6.45) is 4.48. The summed E-state index contributed by atoms with van der Waals surface area (Å²) >= 11 is 0. The van der Waals surface area contributed by atoms with Crippen molar-refractivity contribution in [3.05, 3.63) is 78.0 Å². The molecule has 0 aliphatic rings. The number of carbonyl (C=O) groups is 1. The lowest BCUT2D eigenvalue weighted by atomic mass is 10.0. The highest BCUT2D eigenvalue weighted by Gasteiger charge is 2.18. The van der Waals surface area contributed by atoms with Crippen molar-refractivity contribution in [1.82, 2.24) is 29.5 Å². The van der Waals surface area contributed by atoms with Gasteiger partial charge in [-0.05, 0) is 24.6 Å². The average Bonchev–Trinajstić information content (AvgIpc) is 3.57. The summed E-state index contributed by atoms with van der Waals surface area (Å²) in [5, 5.41) is 8.64. The Labute approximate surface area is 211 Å². The third kappa shape index (κ3) is 4.58. The van der Waals surface area contributed by atoms with Gasteiger partial charge in [0.15, 0.2) is 0 Å². The van der Waals surface area contributed by atoms with Crippen molar-refractivity contribution in [2.45, 2.75) is 13.5 Å². The van der Waals surface area contributed by atoms with Crippen LogP contribution >= 0.6 is 0 Å². The molecule has 5 aromatic rings. The van der Waals surface area contributed by atoms with E-state index in [9.17, 15) is 9.18 Å². The molecule has 0 spiro atoms. The maximum Gasteiger partial charge on any atom is 0.341 e. The highest BCUT2D eigenvalue weighted by molar-refractivity contribution is 5.89. The van der Waals surface area contributed by atoms with Crippen LogP contribution in [0.25, 0.3) is 28.1 Å². The van der Waals surface area contributed by atoms with E-state index in [0.29, 0.717) is 40.3 Å². The minimum atomic E-state index is -0.480. The summed E-state index contributed by atoms with van der Waals surface area (Å²) < 4.78 is 33.6. The Balaban J connectivity index is 1.48. The van der Waals surface area contributed by atoms with Crippen molar-refractivity contribution in [1.29, 1.82) is 0 Å². The number of nitrogens with zero attached hydrogens (tertiary/aromatic N) is 6. The number of hydrogen-bond acceptors (Lipinski definition) is 8. The van der Waals surface area contributed by atoms with Gasteiger partial charge in [-0.2, -0.15) is 15.2 Å². The van der Waals surface area contributed by atoms with Gasteiger partial charge in [-0.1, -0.05) is 30.3 Å². The first kappa shape index (κ1) is 23.9. The second-order valence-electron chi connectivity index (χ2n) is 7.98. The van der Waals surface area contributed by atoms with Crippen molar-refractivity contribution in [2.75, 3.05) is 20.8 Å². The topological polar surface area (TPSA) is 106 Å². The van der Waals surface area contributed by atoms with E-state index < -0.39 is 5.97 Å². The molecule has 2 aromatic carbocycles. The van der Waals surface area contributed by atoms with Gasteiger partial charge >= 0.3 is 5.97 Å². The fraction of sp³-hybridized carbons (Fsp3) is 0.192.